The van der Waals surface area contributed by atoms with Crippen molar-refractivity contribution in [1.82, 2.24) is 0 Å². The number of hydrogen-bond donors (Lipinski definition) is 1. The molecule has 0 atom stereocenters. The van der Waals surface area contributed by atoms with Crippen molar-refractivity contribution in [3.63, 3.8) is 0 Å². The molecule has 0 heterocycles. The van der Waals surface area contributed by atoms with Crippen molar-refractivity contribution in [1.29, 1.82) is 0 Å². The Morgan fingerprint density at radius 2 is 1.83 bits per heavy atom. The molecular weight excluding hydrogens is 250 g/mol. The maximum absolute atomic E-state index is 12.2. The minimum Gasteiger partial charge on any atom is -0.507 e. The smallest absolute Gasteiger partial charge is 0.261 e. The predicted octanol–water partition coefficient (Wildman–Crippen LogP) is 3.32. The van der Waals surface area contributed by atoms with E-state index in [1.807, 2.05) is 30.3 Å². The Morgan fingerprint density at radius 3 is 2.50 bits per heavy atom. The number of halogens is 1. The summed E-state index contributed by atoms with van der Waals surface area (Å²) in [5.74, 6) is -0.381. The Morgan fingerprint density at radius 1 is 1.17 bits per heavy atom. The van der Waals surface area contributed by atoms with E-state index in [-0.39, 0.29) is 17.2 Å². The van der Waals surface area contributed by atoms with Crippen molar-refractivity contribution in [2.24, 2.45) is 0 Å². The Balaban J connectivity index is 2.34. The van der Waals surface area contributed by atoms with Crippen LogP contribution in [-0.2, 0) is 0 Å². The first-order valence-corrected chi connectivity index (χ1v) is 5.79. The Hall–Kier alpha value is -2.00. The molecule has 2 aromatic rings. The normalized spacial score (nSPS) is 10.1. The summed E-state index contributed by atoms with van der Waals surface area (Å²) < 4.78 is 0. The van der Waals surface area contributed by atoms with Gasteiger partial charge in [0.05, 0.1) is 5.56 Å². The van der Waals surface area contributed by atoms with E-state index in [9.17, 15) is 9.90 Å². The van der Waals surface area contributed by atoms with Gasteiger partial charge in [0, 0.05) is 17.8 Å². The molecule has 0 saturated carbocycles. The van der Waals surface area contributed by atoms with Crippen LogP contribution in [0.25, 0.3) is 0 Å². The number of benzene rings is 2. The summed E-state index contributed by atoms with van der Waals surface area (Å²) in [6.07, 6.45) is 0. The third-order valence-corrected chi connectivity index (χ3v) is 2.87. The standard InChI is InChI=1S/C14H12ClNO2/c1-16(11-5-3-2-4-6-11)14(18)12-9-10(15)7-8-13(12)17/h2-9,17H,1H3. The Kier molecular flexibility index (Phi) is 3.53. The Labute approximate surface area is 110 Å². The number of phenolic OH excluding ortho intramolecular Hbond substituents is 1. The van der Waals surface area contributed by atoms with Gasteiger partial charge in [-0.1, -0.05) is 29.8 Å². The number of nitrogens with zero attached hydrogens (tertiary/aromatic N) is 1. The first kappa shape index (κ1) is 12.5. The summed E-state index contributed by atoms with van der Waals surface area (Å²) in [6, 6.07) is 13.6. The van der Waals surface area contributed by atoms with E-state index in [2.05, 4.69) is 0 Å². The first-order valence-electron chi connectivity index (χ1n) is 5.41. The van der Waals surface area contributed by atoms with Gasteiger partial charge in [-0.25, -0.2) is 0 Å². The van der Waals surface area contributed by atoms with Gasteiger partial charge in [0.2, 0.25) is 0 Å². The highest BCUT2D eigenvalue weighted by Gasteiger charge is 2.17. The fraction of sp³-hybridized carbons (Fsp3) is 0.0714. The van der Waals surface area contributed by atoms with Crippen molar-refractivity contribution in [2.75, 3.05) is 11.9 Å². The summed E-state index contributed by atoms with van der Waals surface area (Å²) in [7, 11) is 1.65. The fourth-order valence-corrected chi connectivity index (χ4v) is 1.80. The number of para-hydroxylation sites is 1. The molecule has 0 aliphatic carbocycles. The third-order valence-electron chi connectivity index (χ3n) is 2.64. The summed E-state index contributed by atoms with van der Waals surface area (Å²) in [5, 5.41) is 10.1. The number of rotatable bonds is 2. The number of carbonyl (C=O) groups excluding carboxylic acids is 1. The van der Waals surface area contributed by atoms with E-state index in [4.69, 9.17) is 11.6 Å². The monoisotopic (exact) mass is 261 g/mol. The lowest BCUT2D eigenvalue weighted by Gasteiger charge is -2.17. The van der Waals surface area contributed by atoms with Gasteiger partial charge in [-0.15, -0.1) is 0 Å². The van der Waals surface area contributed by atoms with Crippen LogP contribution in [0.1, 0.15) is 10.4 Å². The van der Waals surface area contributed by atoms with Crippen molar-refractivity contribution < 1.29 is 9.90 Å². The lowest BCUT2D eigenvalue weighted by Crippen LogP contribution is -2.26. The van der Waals surface area contributed by atoms with Gasteiger partial charge in [0.1, 0.15) is 5.75 Å². The summed E-state index contributed by atoms with van der Waals surface area (Å²) in [4.78, 5) is 13.7. The lowest BCUT2D eigenvalue weighted by atomic mass is 10.1. The van der Waals surface area contributed by atoms with Gasteiger partial charge in [-0.2, -0.15) is 0 Å². The van der Waals surface area contributed by atoms with E-state index in [1.54, 1.807) is 7.05 Å². The summed E-state index contributed by atoms with van der Waals surface area (Å²) in [6.45, 7) is 0. The van der Waals surface area contributed by atoms with Gasteiger partial charge in [-0.3, -0.25) is 4.79 Å². The molecule has 0 aliphatic rings. The zero-order valence-electron chi connectivity index (χ0n) is 9.80. The van der Waals surface area contributed by atoms with Gasteiger partial charge in [0.25, 0.3) is 5.91 Å². The van der Waals surface area contributed by atoms with Crippen molar-refractivity contribution in [3.05, 3.63) is 59.1 Å². The zero-order valence-corrected chi connectivity index (χ0v) is 10.6. The Bertz CT molecular complexity index is 569. The lowest BCUT2D eigenvalue weighted by molar-refractivity contribution is 0.0990. The van der Waals surface area contributed by atoms with Crippen molar-refractivity contribution in [3.8, 4) is 5.75 Å². The number of hydrogen-bond acceptors (Lipinski definition) is 2. The molecule has 0 bridgehead atoms. The summed E-state index contributed by atoms with van der Waals surface area (Å²) >= 11 is 5.83. The molecule has 1 N–H and O–H groups in total. The number of anilines is 1. The highest BCUT2D eigenvalue weighted by atomic mass is 35.5. The van der Waals surface area contributed by atoms with E-state index >= 15 is 0 Å². The third kappa shape index (κ3) is 2.46. The first-order chi connectivity index (χ1) is 8.59. The molecule has 18 heavy (non-hydrogen) atoms. The molecule has 0 unspecified atom stereocenters. The molecule has 1 amide bonds. The topological polar surface area (TPSA) is 40.5 Å². The highest BCUT2D eigenvalue weighted by Crippen LogP contribution is 2.24. The maximum Gasteiger partial charge on any atom is 0.261 e. The van der Waals surface area contributed by atoms with Crippen LogP contribution in [0, 0.1) is 0 Å². The largest absolute Gasteiger partial charge is 0.507 e. The summed E-state index contributed by atoms with van der Waals surface area (Å²) in [5.41, 5.74) is 0.940. The second-order valence-corrected chi connectivity index (χ2v) is 4.30. The van der Waals surface area contributed by atoms with Crippen molar-refractivity contribution >= 4 is 23.2 Å². The van der Waals surface area contributed by atoms with Gasteiger partial charge in [0.15, 0.2) is 0 Å². The molecule has 0 aliphatic heterocycles. The fourth-order valence-electron chi connectivity index (χ4n) is 1.63. The minimum atomic E-state index is -0.304. The van der Waals surface area contributed by atoms with E-state index in [1.165, 1.54) is 23.1 Å². The second-order valence-electron chi connectivity index (χ2n) is 3.86. The number of phenols is 1. The van der Waals surface area contributed by atoms with Gasteiger partial charge < -0.3 is 10.0 Å². The van der Waals surface area contributed by atoms with Crippen LogP contribution in [-0.4, -0.2) is 18.1 Å². The molecule has 2 rings (SSSR count). The SMILES string of the molecule is CN(C(=O)c1cc(Cl)ccc1O)c1ccccc1. The molecule has 3 nitrogen and oxygen atoms in total. The van der Waals surface area contributed by atoms with Crippen molar-refractivity contribution in [2.45, 2.75) is 0 Å². The number of aromatic hydroxyl groups is 1. The van der Waals surface area contributed by atoms with Gasteiger partial charge in [-0.05, 0) is 30.3 Å². The van der Waals surface area contributed by atoms with Crippen LogP contribution in [0.3, 0.4) is 0 Å². The van der Waals surface area contributed by atoms with Crippen LogP contribution >= 0.6 is 11.6 Å². The van der Waals surface area contributed by atoms with Crippen LogP contribution < -0.4 is 4.90 Å². The molecule has 0 radical (unpaired) electrons. The van der Waals surface area contributed by atoms with Crippen LogP contribution in [0.5, 0.6) is 5.75 Å². The van der Waals surface area contributed by atoms with E-state index in [0.717, 1.165) is 5.69 Å². The number of carbonyl (C=O) groups is 1. The molecule has 0 saturated heterocycles. The average molecular weight is 262 g/mol. The molecule has 4 heteroatoms. The zero-order chi connectivity index (χ0) is 13.1. The molecule has 0 spiro atoms. The number of amides is 1. The van der Waals surface area contributed by atoms with E-state index in [0.29, 0.717) is 5.02 Å². The molecule has 0 fully saturated rings. The van der Waals surface area contributed by atoms with Crippen LogP contribution in [0.15, 0.2) is 48.5 Å². The minimum absolute atomic E-state index is 0.0767. The molecule has 0 aromatic heterocycles. The second kappa shape index (κ2) is 5.10. The molecule has 2 aromatic carbocycles. The average Bonchev–Trinajstić information content (AvgIpc) is 2.41. The maximum atomic E-state index is 12.2. The molecular formula is C14H12ClNO2. The quantitative estimate of drug-likeness (QED) is 0.901. The van der Waals surface area contributed by atoms with Crippen LogP contribution in [0.4, 0.5) is 5.69 Å². The molecule has 92 valence electrons. The predicted molar refractivity (Wildman–Crippen MR) is 72.3 cm³/mol. The van der Waals surface area contributed by atoms with Crippen LogP contribution in [0.2, 0.25) is 5.02 Å². The highest BCUT2D eigenvalue weighted by molar-refractivity contribution is 6.31. The van der Waals surface area contributed by atoms with E-state index < -0.39 is 0 Å². The van der Waals surface area contributed by atoms with Gasteiger partial charge >= 0.3 is 0 Å².